The summed E-state index contributed by atoms with van der Waals surface area (Å²) in [5, 5.41) is 2.95. The Morgan fingerprint density at radius 1 is 1.35 bits per heavy atom. The van der Waals surface area contributed by atoms with Crippen LogP contribution in [-0.2, 0) is 4.74 Å². The third-order valence-electron chi connectivity index (χ3n) is 3.07. The topological polar surface area (TPSA) is 41.6 Å². The lowest BCUT2D eigenvalue weighted by Gasteiger charge is -2.45. The highest BCUT2D eigenvalue weighted by Crippen LogP contribution is 2.42. The van der Waals surface area contributed by atoms with Crippen LogP contribution in [0.5, 0.6) is 0 Å². The summed E-state index contributed by atoms with van der Waals surface area (Å²) in [6.07, 6.45) is -0.914. The molecule has 0 saturated carbocycles. The third kappa shape index (κ3) is 2.36. The number of rotatable bonds is 0. The maximum Gasteiger partial charge on any atom is 0.411 e. The van der Waals surface area contributed by atoms with E-state index in [4.69, 9.17) is 4.74 Å². The van der Waals surface area contributed by atoms with Crippen molar-refractivity contribution in [3.8, 4) is 0 Å². The minimum atomic E-state index is -2.81. The van der Waals surface area contributed by atoms with Crippen molar-refractivity contribution < 1.29 is 18.3 Å². The van der Waals surface area contributed by atoms with E-state index in [-0.39, 0.29) is 6.42 Å². The first-order valence-corrected chi connectivity index (χ1v) is 5.73. The second kappa shape index (κ2) is 3.54. The average molecular weight is 248 g/mol. The van der Waals surface area contributed by atoms with Crippen LogP contribution in [0.25, 0.3) is 0 Å². The summed E-state index contributed by atoms with van der Waals surface area (Å²) >= 11 is 0. The van der Waals surface area contributed by atoms with E-state index in [0.717, 1.165) is 0 Å². The first-order chi connectivity index (χ1) is 7.64. The van der Waals surface area contributed by atoms with Crippen molar-refractivity contribution in [2.75, 3.05) is 19.6 Å². The van der Waals surface area contributed by atoms with E-state index in [1.807, 2.05) is 0 Å². The SMILES string of the molecule is CC(C)(C)OC(=O)N1CC(F)(F)CC12CNC2. The van der Waals surface area contributed by atoms with Gasteiger partial charge in [-0.2, -0.15) is 0 Å². The zero-order valence-electron chi connectivity index (χ0n) is 10.3. The molecular formula is C11H18F2N2O2. The number of likely N-dealkylation sites (tertiary alicyclic amines) is 1. The lowest BCUT2D eigenvalue weighted by Crippen LogP contribution is -2.67. The van der Waals surface area contributed by atoms with E-state index in [2.05, 4.69) is 5.32 Å². The Morgan fingerprint density at radius 2 is 1.94 bits per heavy atom. The highest BCUT2D eigenvalue weighted by atomic mass is 19.3. The number of carbonyl (C=O) groups excluding carboxylic acids is 1. The molecule has 2 fully saturated rings. The fourth-order valence-electron chi connectivity index (χ4n) is 2.34. The van der Waals surface area contributed by atoms with Crippen LogP contribution in [0.15, 0.2) is 0 Å². The molecule has 2 rings (SSSR count). The molecule has 0 aromatic rings. The summed E-state index contributed by atoms with van der Waals surface area (Å²) in [7, 11) is 0. The number of alkyl halides is 2. The molecule has 0 atom stereocenters. The lowest BCUT2D eigenvalue weighted by atomic mass is 9.89. The molecule has 98 valence electrons. The Morgan fingerprint density at radius 3 is 2.35 bits per heavy atom. The van der Waals surface area contributed by atoms with Gasteiger partial charge in [-0.05, 0) is 20.8 Å². The monoisotopic (exact) mass is 248 g/mol. The maximum atomic E-state index is 13.4. The first-order valence-electron chi connectivity index (χ1n) is 5.73. The number of hydrogen-bond acceptors (Lipinski definition) is 3. The van der Waals surface area contributed by atoms with Crippen LogP contribution in [0.2, 0.25) is 0 Å². The van der Waals surface area contributed by atoms with Crippen LogP contribution in [-0.4, -0.2) is 47.7 Å². The lowest BCUT2D eigenvalue weighted by molar-refractivity contribution is -0.00767. The largest absolute Gasteiger partial charge is 0.444 e. The normalized spacial score (nSPS) is 25.8. The summed E-state index contributed by atoms with van der Waals surface area (Å²) in [6.45, 7) is 5.48. The number of nitrogens with zero attached hydrogens (tertiary/aromatic N) is 1. The third-order valence-corrected chi connectivity index (χ3v) is 3.07. The second-order valence-electron chi connectivity index (χ2n) is 5.93. The Hall–Kier alpha value is -0.910. The van der Waals surface area contributed by atoms with Crippen LogP contribution in [0.3, 0.4) is 0 Å². The van der Waals surface area contributed by atoms with E-state index in [1.54, 1.807) is 20.8 Å². The average Bonchev–Trinajstić information content (AvgIpc) is 2.33. The Kier molecular flexibility index (Phi) is 2.61. The van der Waals surface area contributed by atoms with Gasteiger partial charge in [-0.15, -0.1) is 0 Å². The number of hydrogen-bond donors (Lipinski definition) is 1. The van der Waals surface area contributed by atoms with Crippen molar-refractivity contribution in [2.45, 2.75) is 44.3 Å². The van der Waals surface area contributed by atoms with Crippen LogP contribution in [0, 0.1) is 0 Å². The van der Waals surface area contributed by atoms with Crippen molar-refractivity contribution in [3.05, 3.63) is 0 Å². The van der Waals surface area contributed by atoms with Crippen molar-refractivity contribution in [1.29, 1.82) is 0 Å². The predicted molar refractivity (Wildman–Crippen MR) is 58.1 cm³/mol. The smallest absolute Gasteiger partial charge is 0.411 e. The van der Waals surface area contributed by atoms with Crippen LogP contribution in [0.1, 0.15) is 27.2 Å². The summed E-state index contributed by atoms with van der Waals surface area (Å²) < 4.78 is 32.0. The van der Waals surface area contributed by atoms with Gasteiger partial charge in [-0.3, -0.25) is 4.90 Å². The molecule has 17 heavy (non-hydrogen) atoms. The van der Waals surface area contributed by atoms with Gasteiger partial charge in [0, 0.05) is 19.5 Å². The molecule has 0 radical (unpaired) electrons. The Bertz CT molecular complexity index is 335. The van der Waals surface area contributed by atoms with Crippen LogP contribution >= 0.6 is 0 Å². The second-order valence-corrected chi connectivity index (χ2v) is 5.93. The van der Waals surface area contributed by atoms with Gasteiger partial charge in [-0.1, -0.05) is 0 Å². The van der Waals surface area contributed by atoms with Crippen molar-refractivity contribution in [3.63, 3.8) is 0 Å². The van der Waals surface area contributed by atoms with E-state index in [0.29, 0.717) is 13.1 Å². The standard InChI is InChI=1S/C11H18F2N2O2/c1-9(2,3)17-8(16)15-7-11(12,13)4-10(15)5-14-6-10/h14H,4-7H2,1-3H3. The minimum Gasteiger partial charge on any atom is -0.444 e. The molecule has 4 nitrogen and oxygen atoms in total. The van der Waals surface area contributed by atoms with Gasteiger partial charge in [0.1, 0.15) is 5.60 Å². The molecule has 0 aliphatic carbocycles. The molecule has 2 saturated heterocycles. The van der Waals surface area contributed by atoms with Gasteiger partial charge in [0.05, 0.1) is 12.1 Å². The molecule has 1 amide bonds. The fourth-order valence-corrected chi connectivity index (χ4v) is 2.34. The number of amides is 1. The molecule has 2 aliphatic rings. The zero-order valence-corrected chi connectivity index (χ0v) is 10.3. The van der Waals surface area contributed by atoms with Crippen LogP contribution < -0.4 is 5.32 Å². The van der Waals surface area contributed by atoms with Gasteiger partial charge in [0.25, 0.3) is 5.92 Å². The first kappa shape index (κ1) is 12.5. The van der Waals surface area contributed by atoms with Crippen LogP contribution in [0.4, 0.5) is 13.6 Å². The van der Waals surface area contributed by atoms with Gasteiger partial charge >= 0.3 is 6.09 Å². The Labute approximate surface area is 99.3 Å². The van der Waals surface area contributed by atoms with E-state index >= 15 is 0 Å². The minimum absolute atomic E-state index is 0.272. The molecule has 0 bridgehead atoms. The summed E-state index contributed by atoms with van der Waals surface area (Å²) in [5.41, 5.74) is -1.40. The molecule has 1 N–H and O–H groups in total. The van der Waals surface area contributed by atoms with Crippen molar-refractivity contribution in [2.24, 2.45) is 0 Å². The summed E-state index contributed by atoms with van der Waals surface area (Å²) in [4.78, 5) is 13.1. The quantitative estimate of drug-likeness (QED) is 0.708. The summed E-state index contributed by atoms with van der Waals surface area (Å²) in [6, 6.07) is 0. The van der Waals surface area contributed by atoms with E-state index in [9.17, 15) is 13.6 Å². The predicted octanol–water partition coefficient (Wildman–Crippen LogP) is 1.60. The molecule has 0 unspecified atom stereocenters. The van der Waals surface area contributed by atoms with Crippen molar-refractivity contribution >= 4 is 6.09 Å². The van der Waals surface area contributed by atoms with E-state index in [1.165, 1.54) is 4.90 Å². The van der Waals surface area contributed by atoms with Gasteiger partial charge in [0.15, 0.2) is 0 Å². The van der Waals surface area contributed by atoms with E-state index < -0.39 is 29.7 Å². The van der Waals surface area contributed by atoms with Crippen molar-refractivity contribution in [1.82, 2.24) is 10.2 Å². The highest BCUT2D eigenvalue weighted by Gasteiger charge is 2.60. The maximum absolute atomic E-state index is 13.4. The molecule has 0 aromatic carbocycles. The van der Waals surface area contributed by atoms with Gasteiger partial charge in [-0.25, -0.2) is 13.6 Å². The zero-order chi connectivity index (χ0) is 12.9. The number of nitrogens with one attached hydrogen (secondary N) is 1. The molecule has 2 heterocycles. The molecule has 6 heteroatoms. The van der Waals surface area contributed by atoms with Gasteiger partial charge < -0.3 is 10.1 Å². The molecule has 1 spiro atoms. The number of ether oxygens (including phenoxy) is 1. The highest BCUT2D eigenvalue weighted by molar-refractivity contribution is 5.70. The fraction of sp³-hybridized carbons (Fsp3) is 0.909. The molecule has 2 aliphatic heterocycles. The summed E-state index contributed by atoms with van der Waals surface area (Å²) in [5.74, 6) is -2.81. The molecule has 0 aromatic heterocycles. The molecular weight excluding hydrogens is 230 g/mol. The number of carbonyl (C=O) groups is 1. The van der Waals surface area contributed by atoms with Gasteiger partial charge in [0.2, 0.25) is 0 Å². The number of halogens is 2. The Balaban J connectivity index is 2.12.